The van der Waals surface area contributed by atoms with Gasteiger partial charge in [0.2, 0.25) is 0 Å². The molecule has 138 valence electrons. The first kappa shape index (κ1) is 18.6. The highest BCUT2D eigenvalue weighted by atomic mass is 19.2. The molecule has 0 radical (unpaired) electrons. The molecule has 2 aliphatic rings. The van der Waals surface area contributed by atoms with Gasteiger partial charge in [-0.1, -0.05) is 50.8 Å². The van der Waals surface area contributed by atoms with Crippen molar-refractivity contribution in [1.29, 1.82) is 0 Å². The molecule has 2 fully saturated rings. The van der Waals surface area contributed by atoms with Crippen molar-refractivity contribution < 1.29 is 8.78 Å². The topological polar surface area (TPSA) is 0 Å². The van der Waals surface area contributed by atoms with E-state index in [-0.39, 0.29) is 0 Å². The lowest BCUT2D eigenvalue weighted by atomic mass is 9.68. The van der Waals surface area contributed by atoms with Crippen LogP contribution in [-0.4, -0.2) is 0 Å². The van der Waals surface area contributed by atoms with E-state index in [0.29, 0.717) is 5.92 Å². The van der Waals surface area contributed by atoms with Crippen LogP contribution in [-0.2, 0) is 0 Å². The fourth-order valence-electron chi connectivity index (χ4n) is 5.03. The molecule has 25 heavy (non-hydrogen) atoms. The van der Waals surface area contributed by atoms with E-state index in [0.717, 1.165) is 23.3 Å². The average Bonchev–Trinajstić information content (AvgIpc) is 2.64. The molecular formula is C23H32F2. The first-order valence-electron chi connectivity index (χ1n) is 10.3. The highest BCUT2D eigenvalue weighted by Gasteiger charge is 2.29. The molecule has 0 nitrogen and oxygen atoms in total. The molecule has 0 heterocycles. The predicted molar refractivity (Wildman–Crippen MR) is 101 cm³/mol. The minimum atomic E-state index is -0.772. The normalized spacial score (nSPS) is 30.7. The van der Waals surface area contributed by atoms with Crippen LogP contribution >= 0.6 is 0 Å². The summed E-state index contributed by atoms with van der Waals surface area (Å²) >= 11 is 0. The number of benzene rings is 1. The number of allylic oxidation sites excluding steroid dienone is 1. The zero-order valence-corrected chi connectivity index (χ0v) is 15.5. The van der Waals surface area contributed by atoms with E-state index >= 15 is 0 Å². The second-order valence-electron chi connectivity index (χ2n) is 8.28. The Hall–Kier alpha value is -1.18. The first-order chi connectivity index (χ1) is 12.2. The Balaban J connectivity index is 1.44. The van der Waals surface area contributed by atoms with Gasteiger partial charge >= 0.3 is 0 Å². The molecule has 2 aliphatic carbocycles. The maximum atomic E-state index is 13.3. The van der Waals surface area contributed by atoms with Crippen LogP contribution in [0.15, 0.2) is 24.3 Å². The average molecular weight is 347 g/mol. The Morgan fingerprint density at radius 1 is 0.880 bits per heavy atom. The summed E-state index contributed by atoms with van der Waals surface area (Å²) in [6, 6.07) is 4.14. The van der Waals surface area contributed by atoms with Crippen molar-refractivity contribution in [2.24, 2.45) is 23.7 Å². The van der Waals surface area contributed by atoms with Crippen molar-refractivity contribution in [3.05, 3.63) is 41.5 Å². The van der Waals surface area contributed by atoms with Crippen molar-refractivity contribution >= 4 is 6.08 Å². The van der Waals surface area contributed by atoms with Gasteiger partial charge in [0.1, 0.15) is 0 Å². The molecule has 0 aromatic heterocycles. The third-order valence-electron chi connectivity index (χ3n) is 6.58. The smallest absolute Gasteiger partial charge is 0.159 e. The van der Waals surface area contributed by atoms with Crippen molar-refractivity contribution in [2.75, 3.05) is 0 Å². The van der Waals surface area contributed by atoms with Gasteiger partial charge in [-0.25, -0.2) is 8.78 Å². The zero-order valence-electron chi connectivity index (χ0n) is 15.5. The van der Waals surface area contributed by atoms with Gasteiger partial charge in [-0.05, 0) is 79.9 Å². The maximum absolute atomic E-state index is 13.3. The summed E-state index contributed by atoms with van der Waals surface area (Å²) in [5.74, 6) is 1.95. The lowest BCUT2D eigenvalue weighted by molar-refractivity contribution is 0.152. The van der Waals surface area contributed by atoms with Crippen molar-refractivity contribution in [1.82, 2.24) is 0 Å². The Kier molecular flexibility index (Phi) is 6.67. The summed E-state index contributed by atoms with van der Waals surface area (Å²) in [6.07, 6.45) is 17.9. The molecular weight excluding hydrogens is 314 g/mol. The molecule has 0 bridgehead atoms. The quantitative estimate of drug-likeness (QED) is 0.521. The van der Waals surface area contributed by atoms with Crippen LogP contribution in [0.1, 0.15) is 76.7 Å². The van der Waals surface area contributed by atoms with Gasteiger partial charge < -0.3 is 0 Å². The second-order valence-corrected chi connectivity index (χ2v) is 8.28. The maximum Gasteiger partial charge on any atom is 0.159 e. The van der Waals surface area contributed by atoms with Crippen LogP contribution in [0.4, 0.5) is 8.78 Å². The molecule has 1 aromatic carbocycles. The monoisotopic (exact) mass is 346 g/mol. The van der Waals surface area contributed by atoms with Gasteiger partial charge in [0.15, 0.2) is 11.6 Å². The Bertz CT molecular complexity index is 561. The second kappa shape index (κ2) is 8.96. The Morgan fingerprint density at radius 2 is 1.52 bits per heavy atom. The van der Waals surface area contributed by atoms with E-state index < -0.39 is 11.6 Å². The van der Waals surface area contributed by atoms with Gasteiger partial charge in [0.05, 0.1) is 0 Å². The third-order valence-corrected chi connectivity index (χ3v) is 6.58. The van der Waals surface area contributed by atoms with Crippen LogP contribution < -0.4 is 0 Å². The summed E-state index contributed by atoms with van der Waals surface area (Å²) in [6.45, 7) is 2.31. The number of halogens is 2. The lowest BCUT2D eigenvalue weighted by Gasteiger charge is -2.37. The zero-order chi connectivity index (χ0) is 17.6. The minimum absolute atomic E-state index is 0.598. The third kappa shape index (κ3) is 5.15. The molecule has 0 saturated heterocycles. The summed E-state index contributed by atoms with van der Waals surface area (Å²) in [7, 11) is 0. The number of rotatable bonds is 5. The highest BCUT2D eigenvalue weighted by molar-refractivity contribution is 5.49. The predicted octanol–water partition coefficient (Wildman–Crippen LogP) is 7.39. The molecule has 2 saturated carbocycles. The van der Waals surface area contributed by atoms with E-state index in [2.05, 4.69) is 13.0 Å². The van der Waals surface area contributed by atoms with E-state index in [9.17, 15) is 8.78 Å². The molecule has 2 heteroatoms. The fraction of sp³-hybridized carbons (Fsp3) is 0.652. The molecule has 0 spiro atoms. The molecule has 0 amide bonds. The first-order valence-corrected chi connectivity index (χ1v) is 10.3. The summed E-state index contributed by atoms with van der Waals surface area (Å²) in [5.41, 5.74) is 0.760. The molecule has 1 aromatic rings. The van der Waals surface area contributed by atoms with Gasteiger partial charge in [-0.3, -0.25) is 0 Å². The SMILES string of the molecule is CCCC1CCC(C2CCC(/C=C/c3ccc(F)c(F)c3)CC2)CC1. The molecule has 0 unspecified atom stereocenters. The number of hydrogen-bond donors (Lipinski definition) is 0. The van der Waals surface area contributed by atoms with Gasteiger partial charge in [0, 0.05) is 0 Å². The van der Waals surface area contributed by atoms with Crippen LogP contribution in [0.3, 0.4) is 0 Å². The molecule has 0 aliphatic heterocycles. The van der Waals surface area contributed by atoms with Gasteiger partial charge in [0.25, 0.3) is 0 Å². The summed E-state index contributed by atoms with van der Waals surface area (Å²) in [5, 5.41) is 0. The van der Waals surface area contributed by atoms with Crippen LogP contribution in [0.2, 0.25) is 0 Å². The summed E-state index contributed by atoms with van der Waals surface area (Å²) < 4.78 is 26.3. The Morgan fingerprint density at radius 3 is 2.12 bits per heavy atom. The number of hydrogen-bond acceptors (Lipinski definition) is 0. The van der Waals surface area contributed by atoms with Gasteiger partial charge in [-0.2, -0.15) is 0 Å². The van der Waals surface area contributed by atoms with Crippen LogP contribution in [0.25, 0.3) is 6.08 Å². The van der Waals surface area contributed by atoms with Crippen LogP contribution in [0, 0.1) is 35.3 Å². The van der Waals surface area contributed by atoms with E-state index in [1.165, 1.54) is 76.3 Å². The molecule has 3 rings (SSSR count). The highest BCUT2D eigenvalue weighted by Crippen LogP contribution is 2.42. The largest absolute Gasteiger partial charge is 0.204 e. The standard InChI is InChI=1S/C23H32F2/c1-2-3-17-6-11-20(12-7-17)21-13-8-18(9-14-21)4-5-19-10-15-22(24)23(25)16-19/h4-5,10,15-18,20-21H,2-3,6-9,11-14H2,1H3/b5-4+. The molecule has 0 N–H and O–H groups in total. The fourth-order valence-corrected chi connectivity index (χ4v) is 5.03. The Labute approximate surface area is 151 Å². The van der Waals surface area contributed by atoms with Crippen molar-refractivity contribution in [2.45, 2.75) is 71.1 Å². The van der Waals surface area contributed by atoms with E-state index in [1.54, 1.807) is 6.07 Å². The van der Waals surface area contributed by atoms with Crippen LogP contribution in [0.5, 0.6) is 0 Å². The van der Waals surface area contributed by atoms with E-state index in [4.69, 9.17) is 0 Å². The van der Waals surface area contributed by atoms with Crippen molar-refractivity contribution in [3.8, 4) is 0 Å². The van der Waals surface area contributed by atoms with Gasteiger partial charge in [-0.15, -0.1) is 0 Å². The van der Waals surface area contributed by atoms with E-state index in [1.807, 2.05) is 6.08 Å². The lowest BCUT2D eigenvalue weighted by Crippen LogP contribution is -2.25. The van der Waals surface area contributed by atoms with Crippen molar-refractivity contribution in [3.63, 3.8) is 0 Å². The molecule has 0 atom stereocenters. The minimum Gasteiger partial charge on any atom is -0.204 e. The summed E-state index contributed by atoms with van der Waals surface area (Å²) in [4.78, 5) is 0.